The molecule has 2 atom stereocenters. The van der Waals surface area contributed by atoms with Gasteiger partial charge in [-0.1, -0.05) is 23.8 Å². The van der Waals surface area contributed by atoms with Crippen LogP contribution in [0.4, 0.5) is 0 Å². The highest BCUT2D eigenvalue weighted by atomic mass is 16.5. The second-order valence-electron chi connectivity index (χ2n) is 6.50. The third-order valence-electron chi connectivity index (χ3n) is 5.19. The Morgan fingerprint density at radius 1 is 1.25 bits per heavy atom. The van der Waals surface area contributed by atoms with Crippen LogP contribution in [0.25, 0.3) is 0 Å². The molecule has 0 aromatic heterocycles. The van der Waals surface area contributed by atoms with Crippen LogP contribution in [0.15, 0.2) is 41.5 Å². The highest BCUT2D eigenvalue weighted by Crippen LogP contribution is 2.52. The molecule has 0 radical (unpaired) electrons. The largest absolute Gasteiger partial charge is 0.468 e. The van der Waals surface area contributed by atoms with E-state index in [0.717, 1.165) is 23.1 Å². The number of carbonyl (C=O) groups is 2. The van der Waals surface area contributed by atoms with Crippen molar-refractivity contribution in [3.05, 3.63) is 58.2 Å². The number of ether oxygens (including phenoxy) is 2. The van der Waals surface area contributed by atoms with E-state index in [0.29, 0.717) is 12.0 Å². The third kappa shape index (κ3) is 2.20. The van der Waals surface area contributed by atoms with Gasteiger partial charge in [-0.25, -0.2) is 4.79 Å². The number of rotatable bonds is 2. The van der Waals surface area contributed by atoms with E-state index < -0.39 is 5.41 Å². The topological polar surface area (TPSA) is 52.6 Å². The minimum atomic E-state index is -0.783. The quantitative estimate of drug-likeness (QED) is 0.618. The minimum absolute atomic E-state index is 0.156. The van der Waals surface area contributed by atoms with E-state index in [9.17, 15) is 9.59 Å². The average molecular weight is 326 g/mol. The van der Waals surface area contributed by atoms with Crippen molar-refractivity contribution in [1.29, 1.82) is 0 Å². The lowest BCUT2D eigenvalue weighted by atomic mass is 9.57. The molecular formula is C20H22O4. The molecule has 0 spiro atoms. The van der Waals surface area contributed by atoms with Crippen LogP contribution in [-0.2, 0) is 26.1 Å². The van der Waals surface area contributed by atoms with Crippen LogP contribution >= 0.6 is 0 Å². The highest BCUT2D eigenvalue weighted by molar-refractivity contribution is 5.93. The van der Waals surface area contributed by atoms with Crippen LogP contribution in [0.2, 0.25) is 0 Å². The maximum atomic E-state index is 12.9. The smallest absolute Gasteiger partial charge is 0.337 e. The predicted octanol–water partition coefficient (Wildman–Crippen LogP) is 3.35. The van der Waals surface area contributed by atoms with E-state index in [-0.39, 0.29) is 17.9 Å². The summed E-state index contributed by atoms with van der Waals surface area (Å²) in [6.45, 7) is 4.03. The second-order valence-corrected chi connectivity index (χ2v) is 6.50. The van der Waals surface area contributed by atoms with Gasteiger partial charge in [0, 0.05) is 5.92 Å². The summed E-state index contributed by atoms with van der Waals surface area (Å²) in [5.41, 5.74) is 3.98. The lowest BCUT2D eigenvalue weighted by molar-refractivity contribution is -0.146. The predicted molar refractivity (Wildman–Crippen MR) is 90.8 cm³/mol. The molecule has 0 amide bonds. The molecule has 0 N–H and O–H groups in total. The van der Waals surface area contributed by atoms with E-state index in [4.69, 9.17) is 9.47 Å². The van der Waals surface area contributed by atoms with Crippen LogP contribution in [0, 0.1) is 5.92 Å². The molecule has 2 unspecified atom stereocenters. The van der Waals surface area contributed by atoms with Crippen LogP contribution in [-0.4, -0.2) is 26.2 Å². The van der Waals surface area contributed by atoms with Crippen LogP contribution in [0.5, 0.6) is 0 Å². The van der Waals surface area contributed by atoms with E-state index in [2.05, 4.69) is 13.0 Å². The summed E-state index contributed by atoms with van der Waals surface area (Å²) in [6.07, 6.45) is 5.66. The molecule has 0 heterocycles. The Morgan fingerprint density at radius 2 is 2.00 bits per heavy atom. The molecule has 2 aliphatic carbocycles. The van der Waals surface area contributed by atoms with Gasteiger partial charge in [-0.05, 0) is 55.5 Å². The lowest BCUT2D eigenvalue weighted by Crippen LogP contribution is -2.47. The van der Waals surface area contributed by atoms with Crippen molar-refractivity contribution in [3.8, 4) is 0 Å². The van der Waals surface area contributed by atoms with Crippen molar-refractivity contribution < 1.29 is 19.1 Å². The lowest BCUT2D eigenvalue weighted by Gasteiger charge is -2.45. The average Bonchev–Trinajstić information content (AvgIpc) is 2.58. The van der Waals surface area contributed by atoms with Crippen molar-refractivity contribution in [2.75, 3.05) is 14.2 Å². The molecule has 0 aliphatic heterocycles. The zero-order valence-corrected chi connectivity index (χ0v) is 14.5. The Balaban J connectivity index is 2.26. The summed E-state index contributed by atoms with van der Waals surface area (Å²) < 4.78 is 10.0. The fraction of sp³-hybridized carbons (Fsp3) is 0.400. The minimum Gasteiger partial charge on any atom is -0.468 e. The van der Waals surface area contributed by atoms with Crippen molar-refractivity contribution in [2.24, 2.45) is 5.92 Å². The van der Waals surface area contributed by atoms with E-state index in [1.807, 2.05) is 25.1 Å². The maximum Gasteiger partial charge on any atom is 0.337 e. The van der Waals surface area contributed by atoms with Crippen LogP contribution in [0.1, 0.15) is 41.8 Å². The Labute approximate surface area is 142 Å². The SMILES string of the molecule is C/C=C1\C2C=C(C)CC1(C(=O)OC)c1ccc(C(=O)OC)cc1C2. The first-order valence-corrected chi connectivity index (χ1v) is 8.12. The molecule has 0 saturated heterocycles. The zero-order valence-electron chi connectivity index (χ0n) is 14.5. The maximum absolute atomic E-state index is 12.9. The summed E-state index contributed by atoms with van der Waals surface area (Å²) >= 11 is 0. The standard InChI is InChI=1S/C20H22O4/c1-5-16-14-8-12(2)11-20(16,19(22)24-4)17-7-6-13(18(21)23-3)9-15(17)10-14/h5-9,14H,10-11H2,1-4H3/b16-5+. The number of methoxy groups -OCH3 is 2. The Bertz CT molecular complexity index is 772. The van der Waals surface area contributed by atoms with E-state index in [1.165, 1.54) is 19.8 Å². The van der Waals surface area contributed by atoms with Crippen LogP contribution in [0.3, 0.4) is 0 Å². The molecule has 2 aliphatic rings. The van der Waals surface area contributed by atoms with Gasteiger partial charge < -0.3 is 9.47 Å². The van der Waals surface area contributed by atoms with Crippen molar-refractivity contribution >= 4 is 11.9 Å². The Morgan fingerprint density at radius 3 is 2.62 bits per heavy atom. The van der Waals surface area contributed by atoms with Gasteiger partial charge in [-0.2, -0.15) is 0 Å². The molecule has 4 heteroatoms. The Hall–Kier alpha value is -2.36. The summed E-state index contributed by atoms with van der Waals surface area (Å²) in [5.74, 6) is -0.443. The molecule has 24 heavy (non-hydrogen) atoms. The summed E-state index contributed by atoms with van der Waals surface area (Å²) in [5, 5.41) is 0. The zero-order chi connectivity index (χ0) is 17.5. The molecule has 4 nitrogen and oxygen atoms in total. The molecule has 1 aromatic rings. The molecule has 1 aromatic carbocycles. The van der Waals surface area contributed by atoms with E-state index in [1.54, 1.807) is 6.07 Å². The van der Waals surface area contributed by atoms with Gasteiger partial charge in [0.05, 0.1) is 19.8 Å². The molecular weight excluding hydrogens is 304 g/mol. The number of allylic oxidation sites excluding steroid dienone is 3. The number of carbonyl (C=O) groups excluding carboxylic acids is 2. The monoisotopic (exact) mass is 326 g/mol. The van der Waals surface area contributed by atoms with Crippen molar-refractivity contribution in [2.45, 2.75) is 32.1 Å². The fourth-order valence-corrected chi connectivity index (χ4v) is 4.34. The third-order valence-corrected chi connectivity index (χ3v) is 5.19. The fourth-order valence-electron chi connectivity index (χ4n) is 4.34. The number of benzene rings is 1. The van der Waals surface area contributed by atoms with Gasteiger partial charge in [0.15, 0.2) is 0 Å². The van der Waals surface area contributed by atoms with Crippen molar-refractivity contribution in [3.63, 3.8) is 0 Å². The van der Waals surface area contributed by atoms with Crippen LogP contribution < -0.4 is 0 Å². The van der Waals surface area contributed by atoms with Gasteiger partial charge in [0.25, 0.3) is 0 Å². The van der Waals surface area contributed by atoms with Gasteiger partial charge in [0.2, 0.25) is 0 Å². The normalized spacial score (nSPS) is 26.4. The molecule has 3 rings (SSSR count). The molecule has 126 valence electrons. The number of esters is 2. The highest BCUT2D eigenvalue weighted by Gasteiger charge is 2.52. The van der Waals surface area contributed by atoms with Gasteiger partial charge in [-0.3, -0.25) is 4.79 Å². The summed E-state index contributed by atoms with van der Waals surface area (Å²) in [6, 6.07) is 5.47. The second kappa shape index (κ2) is 5.93. The molecule has 0 saturated carbocycles. The first-order valence-electron chi connectivity index (χ1n) is 8.12. The van der Waals surface area contributed by atoms with Gasteiger partial charge in [-0.15, -0.1) is 0 Å². The van der Waals surface area contributed by atoms with Gasteiger partial charge in [0.1, 0.15) is 5.41 Å². The Kier molecular flexibility index (Phi) is 4.08. The number of fused-ring (bicyclic) bond motifs is 4. The van der Waals surface area contributed by atoms with E-state index >= 15 is 0 Å². The summed E-state index contributed by atoms with van der Waals surface area (Å²) in [4.78, 5) is 24.7. The first kappa shape index (κ1) is 16.5. The van der Waals surface area contributed by atoms with Crippen molar-refractivity contribution in [1.82, 2.24) is 0 Å². The number of hydrogen-bond acceptors (Lipinski definition) is 4. The number of hydrogen-bond donors (Lipinski definition) is 0. The summed E-state index contributed by atoms with van der Waals surface area (Å²) in [7, 11) is 2.81. The van der Waals surface area contributed by atoms with Gasteiger partial charge >= 0.3 is 11.9 Å². The molecule has 2 bridgehead atoms. The molecule has 0 fully saturated rings. The first-order chi connectivity index (χ1) is 11.5.